The maximum absolute atomic E-state index is 10.9. The molecular formula is C10H17NO2. The van der Waals surface area contributed by atoms with E-state index in [1.54, 1.807) is 13.8 Å². The van der Waals surface area contributed by atoms with Crippen molar-refractivity contribution in [2.24, 2.45) is 5.41 Å². The van der Waals surface area contributed by atoms with E-state index in [1.807, 2.05) is 0 Å². The molecule has 0 atom stereocenters. The fraction of sp³-hybridized carbons (Fsp3) is 0.900. The van der Waals surface area contributed by atoms with Crippen molar-refractivity contribution in [3.05, 3.63) is 0 Å². The van der Waals surface area contributed by atoms with Crippen LogP contribution in [0.3, 0.4) is 0 Å². The van der Waals surface area contributed by atoms with Gasteiger partial charge in [-0.05, 0) is 32.1 Å². The first-order valence-electron chi connectivity index (χ1n) is 4.95. The highest BCUT2D eigenvalue weighted by molar-refractivity contribution is 5.77. The van der Waals surface area contributed by atoms with Crippen molar-refractivity contribution in [3.63, 3.8) is 0 Å². The average molecular weight is 183 g/mol. The van der Waals surface area contributed by atoms with Crippen LogP contribution < -0.4 is 0 Å². The van der Waals surface area contributed by atoms with E-state index in [2.05, 4.69) is 4.90 Å². The second-order valence-corrected chi connectivity index (χ2v) is 5.07. The second kappa shape index (κ2) is 2.47. The first kappa shape index (κ1) is 9.00. The van der Waals surface area contributed by atoms with Crippen molar-refractivity contribution in [2.45, 2.75) is 38.6 Å². The summed E-state index contributed by atoms with van der Waals surface area (Å²) in [5, 5.41) is 9.00. The molecule has 2 fully saturated rings. The average Bonchev–Trinajstić information content (AvgIpc) is 1.78. The lowest BCUT2D eigenvalue weighted by Crippen LogP contribution is -2.67. The standard InChI is InChI=1S/C10H17NO2/c1-9(2,8(12)13)11-6-10(7-11)4-3-5-10/h3-7H2,1-2H3,(H,12,13). The second-order valence-electron chi connectivity index (χ2n) is 5.07. The SMILES string of the molecule is CC(C)(C(=O)O)N1CC2(CCC2)C1. The molecule has 0 unspecified atom stereocenters. The Labute approximate surface area is 78.7 Å². The Morgan fingerprint density at radius 1 is 1.38 bits per heavy atom. The molecular weight excluding hydrogens is 166 g/mol. The third-order valence-electron chi connectivity index (χ3n) is 3.78. The summed E-state index contributed by atoms with van der Waals surface area (Å²) < 4.78 is 0. The molecule has 74 valence electrons. The van der Waals surface area contributed by atoms with Crippen LogP contribution in [-0.2, 0) is 4.79 Å². The van der Waals surface area contributed by atoms with Gasteiger partial charge in [-0.15, -0.1) is 0 Å². The Hall–Kier alpha value is -0.570. The number of nitrogens with zero attached hydrogens (tertiary/aromatic N) is 1. The summed E-state index contributed by atoms with van der Waals surface area (Å²) in [5.41, 5.74) is -0.145. The zero-order chi connectivity index (χ0) is 9.69. The van der Waals surface area contributed by atoms with Gasteiger partial charge in [0.05, 0.1) is 0 Å². The molecule has 2 rings (SSSR count). The molecule has 13 heavy (non-hydrogen) atoms. The minimum Gasteiger partial charge on any atom is -0.480 e. The predicted octanol–water partition coefficient (Wildman–Crippen LogP) is 1.34. The summed E-state index contributed by atoms with van der Waals surface area (Å²) >= 11 is 0. The van der Waals surface area contributed by atoms with Gasteiger partial charge in [-0.3, -0.25) is 9.69 Å². The maximum Gasteiger partial charge on any atom is 0.323 e. The lowest BCUT2D eigenvalue weighted by atomic mass is 9.62. The lowest BCUT2D eigenvalue weighted by Gasteiger charge is -2.59. The van der Waals surface area contributed by atoms with Gasteiger partial charge in [0.1, 0.15) is 5.54 Å². The van der Waals surface area contributed by atoms with E-state index in [0.29, 0.717) is 5.41 Å². The zero-order valence-electron chi connectivity index (χ0n) is 8.34. The van der Waals surface area contributed by atoms with Gasteiger partial charge in [0.15, 0.2) is 0 Å². The molecule has 0 amide bonds. The van der Waals surface area contributed by atoms with Crippen LogP contribution >= 0.6 is 0 Å². The van der Waals surface area contributed by atoms with Gasteiger partial charge >= 0.3 is 5.97 Å². The molecule has 3 heteroatoms. The number of hydrogen-bond acceptors (Lipinski definition) is 2. The van der Waals surface area contributed by atoms with Gasteiger partial charge in [0, 0.05) is 13.1 Å². The number of carbonyl (C=O) groups is 1. The van der Waals surface area contributed by atoms with E-state index in [-0.39, 0.29) is 0 Å². The van der Waals surface area contributed by atoms with Crippen LogP contribution in [-0.4, -0.2) is 34.6 Å². The third-order valence-corrected chi connectivity index (χ3v) is 3.78. The number of aliphatic carboxylic acids is 1. The van der Waals surface area contributed by atoms with E-state index in [4.69, 9.17) is 5.11 Å². The van der Waals surface area contributed by atoms with E-state index in [0.717, 1.165) is 13.1 Å². The van der Waals surface area contributed by atoms with Crippen LogP contribution in [0.2, 0.25) is 0 Å². The molecule has 1 saturated heterocycles. The molecule has 0 bridgehead atoms. The molecule has 1 saturated carbocycles. The molecule has 2 aliphatic rings. The number of likely N-dealkylation sites (tertiary alicyclic amines) is 1. The van der Waals surface area contributed by atoms with Crippen molar-refractivity contribution in [1.82, 2.24) is 4.90 Å². The lowest BCUT2D eigenvalue weighted by molar-refractivity contribution is -0.165. The molecule has 0 aromatic rings. The van der Waals surface area contributed by atoms with Crippen LogP contribution in [0, 0.1) is 5.41 Å². The normalized spacial score (nSPS) is 26.6. The molecule has 1 spiro atoms. The maximum atomic E-state index is 10.9. The van der Waals surface area contributed by atoms with Crippen LogP contribution in [0.15, 0.2) is 0 Å². The predicted molar refractivity (Wildman–Crippen MR) is 49.6 cm³/mol. The van der Waals surface area contributed by atoms with Crippen molar-refractivity contribution in [3.8, 4) is 0 Å². The summed E-state index contributed by atoms with van der Waals surface area (Å²) in [4.78, 5) is 13.0. The van der Waals surface area contributed by atoms with Crippen molar-refractivity contribution >= 4 is 5.97 Å². The van der Waals surface area contributed by atoms with E-state index in [9.17, 15) is 4.79 Å². The fourth-order valence-electron chi connectivity index (χ4n) is 2.29. The van der Waals surface area contributed by atoms with Crippen molar-refractivity contribution < 1.29 is 9.90 Å². The van der Waals surface area contributed by atoms with Gasteiger partial charge in [-0.25, -0.2) is 0 Å². The Kier molecular flexibility index (Phi) is 1.71. The topological polar surface area (TPSA) is 40.5 Å². The number of carboxylic acids is 1. The molecule has 1 heterocycles. The van der Waals surface area contributed by atoms with Crippen LogP contribution in [0.25, 0.3) is 0 Å². The van der Waals surface area contributed by atoms with Crippen LogP contribution in [0.1, 0.15) is 33.1 Å². The van der Waals surface area contributed by atoms with E-state index in [1.165, 1.54) is 19.3 Å². The molecule has 1 aliphatic carbocycles. The molecule has 0 aromatic heterocycles. The number of carboxylic acid groups (broad SMARTS) is 1. The van der Waals surface area contributed by atoms with Gasteiger partial charge in [0.2, 0.25) is 0 Å². The Morgan fingerprint density at radius 3 is 2.23 bits per heavy atom. The van der Waals surface area contributed by atoms with Gasteiger partial charge in [-0.1, -0.05) is 6.42 Å². The minimum atomic E-state index is -0.707. The molecule has 3 nitrogen and oxygen atoms in total. The summed E-state index contributed by atoms with van der Waals surface area (Å²) in [7, 11) is 0. The number of hydrogen-bond donors (Lipinski definition) is 1. The summed E-state index contributed by atoms with van der Waals surface area (Å²) in [6.07, 6.45) is 3.94. The summed E-state index contributed by atoms with van der Waals surface area (Å²) in [6.45, 7) is 5.57. The Morgan fingerprint density at radius 2 is 1.92 bits per heavy atom. The van der Waals surface area contributed by atoms with Gasteiger partial charge in [-0.2, -0.15) is 0 Å². The molecule has 0 aromatic carbocycles. The summed E-state index contributed by atoms with van der Waals surface area (Å²) in [6, 6.07) is 0. The molecule has 1 aliphatic heterocycles. The van der Waals surface area contributed by atoms with Crippen molar-refractivity contribution in [1.29, 1.82) is 0 Å². The first-order chi connectivity index (χ1) is 5.96. The quantitative estimate of drug-likeness (QED) is 0.702. The monoisotopic (exact) mass is 183 g/mol. The number of rotatable bonds is 2. The molecule has 0 radical (unpaired) electrons. The van der Waals surface area contributed by atoms with Gasteiger partial charge < -0.3 is 5.11 Å². The highest BCUT2D eigenvalue weighted by atomic mass is 16.4. The summed E-state index contributed by atoms with van der Waals surface area (Å²) in [5.74, 6) is -0.707. The van der Waals surface area contributed by atoms with E-state index < -0.39 is 11.5 Å². The van der Waals surface area contributed by atoms with Crippen molar-refractivity contribution in [2.75, 3.05) is 13.1 Å². The smallest absolute Gasteiger partial charge is 0.323 e. The minimum absolute atomic E-state index is 0.521. The zero-order valence-corrected chi connectivity index (χ0v) is 8.34. The Balaban J connectivity index is 1.95. The highest BCUT2D eigenvalue weighted by Gasteiger charge is 2.53. The fourth-order valence-corrected chi connectivity index (χ4v) is 2.29. The largest absolute Gasteiger partial charge is 0.480 e. The first-order valence-corrected chi connectivity index (χ1v) is 4.95. The van der Waals surface area contributed by atoms with Crippen LogP contribution in [0.4, 0.5) is 0 Å². The van der Waals surface area contributed by atoms with E-state index >= 15 is 0 Å². The third kappa shape index (κ3) is 1.17. The Bertz CT molecular complexity index is 235. The van der Waals surface area contributed by atoms with Gasteiger partial charge in [0.25, 0.3) is 0 Å². The van der Waals surface area contributed by atoms with Crippen LogP contribution in [0.5, 0.6) is 0 Å². The highest BCUT2D eigenvalue weighted by Crippen LogP contribution is 2.50. The molecule has 1 N–H and O–H groups in total.